The van der Waals surface area contributed by atoms with Crippen molar-refractivity contribution >= 4 is 6.09 Å². The maximum Gasteiger partial charge on any atom is 0.407 e. The Morgan fingerprint density at radius 2 is 2.26 bits per heavy atom. The van der Waals surface area contributed by atoms with E-state index in [2.05, 4.69) is 30.5 Å². The van der Waals surface area contributed by atoms with Crippen LogP contribution in [0.2, 0.25) is 0 Å². The minimum atomic E-state index is -0.387. The predicted molar refractivity (Wildman–Crippen MR) is 79.1 cm³/mol. The van der Waals surface area contributed by atoms with Gasteiger partial charge in [-0.3, -0.25) is 0 Å². The van der Waals surface area contributed by atoms with Gasteiger partial charge in [-0.05, 0) is 44.8 Å². The van der Waals surface area contributed by atoms with Crippen molar-refractivity contribution in [1.29, 1.82) is 0 Å². The van der Waals surface area contributed by atoms with Crippen molar-refractivity contribution in [3.8, 4) is 0 Å². The molecule has 3 heteroatoms. The molecule has 1 N–H and O–H groups in total. The first kappa shape index (κ1) is 15.5. The molecule has 1 aliphatic carbocycles. The van der Waals surface area contributed by atoms with Gasteiger partial charge in [-0.1, -0.05) is 37.6 Å². The number of amides is 1. The number of allylic oxidation sites excluding steroid dienone is 5. The number of hydrogen-bond acceptors (Lipinski definition) is 2. The molecule has 0 aliphatic heterocycles. The van der Waals surface area contributed by atoms with Gasteiger partial charge in [-0.2, -0.15) is 0 Å². The third-order valence-corrected chi connectivity index (χ3v) is 3.32. The monoisotopic (exact) mass is 263 g/mol. The smallest absolute Gasteiger partial charge is 0.407 e. The highest BCUT2D eigenvalue weighted by molar-refractivity contribution is 5.69. The largest absolute Gasteiger partial charge is 0.450 e. The fourth-order valence-electron chi connectivity index (χ4n) is 1.93. The van der Waals surface area contributed by atoms with E-state index in [1.807, 2.05) is 26.8 Å². The lowest BCUT2D eigenvalue weighted by Crippen LogP contribution is -2.45. The van der Waals surface area contributed by atoms with Crippen LogP contribution in [0.25, 0.3) is 0 Å². The average Bonchev–Trinajstić information content (AvgIpc) is 2.38. The average molecular weight is 263 g/mol. The van der Waals surface area contributed by atoms with E-state index in [-0.39, 0.29) is 11.6 Å². The van der Waals surface area contributed by atoms with Crippen molar-refractivity contribution < 1.29 is 9.53 Å². The molecule has 3 nitrogen and oxygen atoms in total. The Bertz CT molecular complexity index is 403. The maximum atomic E-state index is 11.7. The van der Waals surface area contributed by atoms with E-state index in [9.17, 15) is 4.79 Å². The summed E-state index contributed by atoms with van der Waals surface area (Å²) in [6.07, 6.45) is 10.8. The molecule has 1 aliphatic rings. The molecule has 0 unspecified atom stereocenters. The number of carbonyl (C=O) groups excluding carboxylic acids is 1. The van der Waals surface area contributed by atoms with Crippen LogP contribution in [0.4, 0.5) is 4.79 Å². The van der Waals surface area contributed by atoms with Crippen LogP contribution in [-0.2, 0) is 4.74 Å². The predicted octanol–water partition coefficient (Wildman–Crippen LogP) is 4.12. The molecule has 0 spiro atoms. The number of hydrogen-bond donors (Lipinski definition) is 1. The number of ether oxygens (including phenoxy) is 1. The van der Waals surface area contributed by atoms with Gasteiger partial charge in [0.05, 0.1) is 12.1 Å². The van der Waals surface area contributed by atoms with Crippen molar-refractivity contribution in [2.45, 2.75) is 52.5 Å². The van der Waals surface area contributed by atoms with E-state index in [1.54, 1.807) is 0 Å². The highest BCUT2D eigenvalue weighted by Crippen LogP contribution is 2.27. The molecule has 0 aromatic carbocycles. The van der Waals surface area contributed by atoms with E-state index < -0.39 is 0 Å². The Morgan fingerprint density at radius 3 is 2.89 bits per heavy atom. The molecule has 0 bridgehead atoms. The van der Waals surface area contributed by atoms with Crippen LogP contribution in [0.3, 0.4) is 0 Å². The van der Waals surface area contributed by atoms with Crippen molar-refractivity contribution in [1.82, 2.24) is 5.32 Å². The van der Waals surface area contributed by atoms with Crippen molar-refractivity contribution in [3.05, 3.63) is 35.5 Å². The number of unbranched alkanes of at least 4 members (excludes halogenated alkanes) is 1. The van der Waals surface area contributed by atoms with Gasteiger partial charge in [0.1, 0.15) is 0 Å². The molecule has 1 amide bonds. The van der Waals surface area contributed by atoms with Gasteiger partial charge in [0.2, 0.25) is 0 Å². The Balaban J connectivity index is 2.58. The first-order chi connectivity index (χ1) is 8.99. The fourth-order valence-corrected chi connectivity index (χ4v) is 1.93. The molecule has 0 saturated heterocycles. The summed E-state index contributed by atoms with van der Waals surface area (Å²) in [4.78, 5) is 11.7. The normalized spacial score (nSPS) is 17.3. The molecule has 0 saturated carbocycles. The number of carbonyl (C=O) groups is 1. The zero-order valence-corrected chi connectivity index (χ0v) is 12.5. The highest BCUT2D eigenvalue weighted by atomic mass is 16.5. The van der Waals surface area contributed by atoms with Gasteiger partial charge in [0.25, 0.3) is 0 Å². The SMILES string of the molecule is CC=C1C=CC=C(C(C)(C)NC(=O)OCCCC)C1. The summed E-state index contributed by atoms with van der Waals surface area (Å²) in [5, 5.41) is 2.94. The van der Waals surface area contributed by atoms with E-state index in [0.717, 1.165) is 19.3 Å². The minimum absolute atomic E-state index is 0.337. The van der Waals surface area contributed by atoms with E-state index in [1.165, 1.54) is 11.1 Å². The van der Waals surface area contributed by atoms with Gasteiger partial charge < -0.3 is 10.1 Å². The summed E-state index contributed by atoms with van der Waals surface area (Å²) in [7, 11) is 0. The Labute approximate surface area is 116 Å². The lowest BCUT2D eigenvalue weighted by molar-refractivity contribution is 0.137. The molecule has 1 rings (SSSR count). The van der Waals surface area contributed by atoms with Gasteiger partial charge >= 0.3 is 6.09 Å². The van der Waals surface area contributed by atoms with E-state index >= 15 is 0 Å². The van der Waals surface area contributed by atoms with E-state index in [4.69, 9.17) is 4.74 Å². The first-order valence-corrected chi connectivity index (χ1v) is 6.97. The number of rotatable bonds is 5. The standard InChI is InChI=1S/C16H25NO2/c1-5-7-11-19-15(18)17-16(3,4)14-10-8-9-13(6-2)12-14/h6,8-10H,5,7,11-12H2,1-4H3,(H,17,18). The van der Waals surface area contributed by atoms with Crippen LogP contribution in [-0.4, -0.2) is 18.2 Å². The summed E-state index contributed by atoms with van der Waals surface area (Å²) >= 11 is 0. The second kappa shape index (κ2) is 7.17. The quantitative estimate of drug-likeness (QED) is 0.758. The zero-order chi connectivity index (χ0) is 14.3. The van der Waals surface area contributed by atoms with Gasteiger partial charge in [0, 0.05) is 0 Å². The number of alkyl carbamates (subject to hydrolysis) is 1. The fraction of sp³-hybridized carbons (Fsp3) is 0.562. The molecule has 0 atom stereocenters. The van der Waals surface area contributed by atoms with Gasteiger partial charge in [-0.15, -0.1) is 0 Å². The molecule has 0 fully saturated rings. The lowest BCUT2D eigenvalue weighted by Gasteiger charge is -2.30. The molecule has 0 aromatic heterocycles. The Kier molecular flexibility index (Phi) is 5.87. The van der Waals surface area contributed by atoms with Crippen molar-refractivity contribution in [2.75, 3.05) is 6.61 Å². The second-order valence-corrected chi connectivity index (χ2v) is 5.33. The lowest BCUT2D eigenvalue weighted by atomic mass is 9.86. The third kappa shape index (κ3) is 4.93. The summed E-state index contributed by atoms with van der Waals surface area (Å²) < 4.78 is 5.15. The Hall–Kier alpha value is -1.51. The summed E-state index contributed by atoms with van der Waals surface area (Å²) in [6, 6.07) is 0. The topological polar surface area (TPSA) is 38.3 Å². The van der Waals surface area contributed by atoms with Crippen LogP contribution in [0.15, 0.2) is 35.5 Å². The number of nitrogens with one attached hydrogen (secondary N) is 1. The molecule has 0 aromatic rings. The highest BCUT2D eigenvalue weighted by Gasteiger charge is 2.26. The van der Waals surface area contributed by atoms with Gasteiger partial charge in [0.15, 0.2) is 0 Å². The van der Waals surface area contributed by atoms with E-state index in [0.29, 0.717) is 6.61 Å². The Morgan fingerprint density at radius 1 is 1.53 bits per heavy atom. The molecule has 0 heterocycles. The van der Waals surface area contributed by atoms with Crippen LogP contribution in [0, 0.1) is 0 Å². The van der Waals surface area contributed by atoms with Gasteiger partial charge in [-0.25, -0.2) is 4.79 Å². The van der Waals surface area contributed by atoms with Crippen LogP contribution in [0.1, 0.15) is 47.0 Å². The molecule has 106 valence electrons. The molecular formula is C16H25NO2. The maximum absolute atomic E-state index is 11.7. The van der Waals surface area contributed by atoms with Crippen LogP contribution in [0.5, 0.6) is 0 Å². The third-order valence-electron chi connectivity index (χ3n) is 3.32. The zero-order valence-electron chi connectivity index (χ0n) is 12.5. The molecular weight excluding hydrogens is 238 g/mol. The first-order valence-electron chi connectivity index (χ1n) is 6.97. The second-order valence-electron chi connectivity index (χ2n) is 5.33. The molecule has 19 heavy (non-hydrogen) atoms. The molecule has 0 radical (unpaired) electrons. The van der Waals surface area contributed by atoms with Crippen molar-refractivity contribution in [3.63, 3.8) is 0 Å². The summed E-state index contributed by atoms with van der Waals surface area (Å²) in [5.74, 6) is 0. The van der Waals surface area contributed by atoms with Crippen LogP contribution >= 0.6 is 0 Å². The van der Waals surface area contributed by atoms with Crippen LogP contribution < -0.4 is 5.32 Å². The summed E-state index contributed by atoms with van der Waals surface area (Å²) in [6.45, 7) is 8.60. The summed E-state index contributed by atoms with van der Waals surface area (Å²) in [5.41, 5.74) is 2.07. The minimum Gasteiger partial charge on any atom is -0.450 e. The van der Waals surface area contributed by atoms with Crippen molar-refractivity contribution in [2.24, 2.45) is 0 Å².